The lowest BCUT2D eigenvalue weighted by Crippen LogP contribution is -2.08. The molecule has 2 aromatic heterocycles. The number of aromatic nitrogens is 2. The fraction of sp³-hybridized carbons (Fsp3) is 0.182. The summed E-state index contributed by atoms with van der Waals surface area (Å²) in [6.07, 6.45) is 3.16. The second kappa shape index (κ2) is 5.46. The van der Waals surface area contributed by atoms with Crippen LogP contribution in [0.2, 0.25) is 0 Å². The first kappa shape index (κ1) is 12.3. The Bertz CT molecular complexity index is 542. The SMILES string of the molecule is COC(=O)c1cc(NCc2nccs2)ncc1N. The van der Waals surface area contributed by atoms with Crippen LogP contribution in [0.1, 0.15) is 15.4 Å². The van der Waals surface area contributed by atoms with E-state index in [4.69, 9.17) is 5.73 Å². The minimum atomic E-state index is -0.479. The van der Waals surface area contributed by atoms with Crippen molar-refractivity contribution in [1.82, 2.24) is 9.97 Å². The normalized spacial score (nSPS) is 10.1. The van der Waals surface area contributed by atoms with E-state index in [2.05, 4.69) is 20.0 Å². The molecule has 0 atom stereocenters. The molecule has 18 heavy (non-hydrogen) atoms. The molecule has 0 aliphatic rings. The Morgan fingerprint density at radius 2 is 2.39 bits per heavy atom. The van der Waals surface area contributed by atoms with Crippen molar-refractivity contribution in [2.75, 3.05) is 18.2 Å². The second-order valence-corrected chi connectivity index (χ2v) is 4.41. The average molecular weight is 264 g/mol. The van der Waals surface area contributed by atoms with Gasteiger partial charge in [-0.2, -0.15) is 0 Å². The molecule has 94 valence electrons. The lowest BCUT2D eigenvalue weighted by molar-refractivity contribution is 0.0602. The summed E-state index contributed by atoms with van der Waals surface area (Å²) < 4.78 is 4.64. The van der Waals surface area contributed by atoms with Crippen LogP contribution < -0.4 is 11.1 Å². The fourth-order valence-electron chi connectivity index (χ4n) is 1.36. The molecule has 0 saturated carbocycles. The smallest absolute Gasteiger partial charge is 0.340 e. The van der Waals surface area contributed by atoms with Crippen molar-refractivity contribution in [3.63, 3.8) is 0 Å². The number of anilines is 2. The molecule has 0 fully saturated rings. The standard InChI is InChI=1S/C11H12N4O2S/c1-17-11(16)7-4-9(14-5-8(7)12)15-6-10-13-2-3-18-10/h2-5H,6,12H2,1H3,(H,14,15). The number of nitrogens with zero attached hydrogens (tertiary/aromatic N) is 2. The number of nitrogens with two attached hydrogens (primary N) is 1. The zero-order valence-corrected chi connectivity index (χ0v) is 10.5. The molecule has 0 bridgehead atoms. The highest BCUT2D eigenvalue weighted by Gasteiger charge is 2.11. The van der Waals surface area contributed by atoms with E-state index < -0.39 is 5.97 Å². The number of nitrogens with one attached hydrogen (secondary N) is 1. The second-order valence-electron chi connectivity index (χ2n) is 3.43. The summed E-state index contributed by atoms with van der Waals surface area (Å²) in [4.78, 5) is 19.7. The van der Waals surface area contributed by atoms with E-state index >= 15 is 0 Å². The number of thiazole rings is 1. The van der Waals surface area contributed by atoms with Gasteiger partial charge in [-0.05, 0) is 6.07 Å². The maximum atomic E-state index is 11.5. The molecular formula is C11H12N4O2S. The van der Waals surface area contributed by atoms with Crippen LogP contribution in [0.5, 0.6) is 0 Å². The van der Waals surface area contributed by atoms with E-state index in [0.717, 1.165) is 5.01 Å². The lowest BCUT2D eigenvalue weighted by atomic mass is 10.2. The summed E-state index contributed by atoms with van der Waals surface area (Å²) >= 11 is 1.54. The summed E-state index contributed by atoms with van der Waals surface area (Å²) in [6.45, 7) is 0.551. The molecule has 0 saturated heterocycles. The predicted molar refractivity (Wildman–Crippen MR) is 69.4 cm³/mol. The fourth-order valence-corrected chi connectivity index (χ4v) is 1.91. The van der Waals surface area contributed by atoms with Crippen LogP contribution in [0, 0.1) is 0 Å². The van der Waals surface area contributed by atoms with Crippen LogP contribution in [0.15, 0.2) is 23.8 Å². The van der Waals surface area contributed by atoms with Gasteiger partial charge in [-0.3, -0.25) is 0 Å². The van der Waals surface area contributed by atoms with E-state index in [9.17, 15) is 4.79 Å². The van der Waals surface area contributed by atoms with Crippen LogP contribution in [0.3, 0.4) is 0 Å². The zero-order valence-electron chi connectivity index (χ0n) is 9.71. The van der Waals surface area contributed by atoms with Gasteiger partial charge in [-0.25, -0.2) is 14.8 Å². The number of hydrogen-bond donors (Lipinski definition) is 2. The first-order valence-electron chi connectivity index (χ1n) is 5.17. The summed E-state index contributed by atoms with van der Waals surface area (Å²) in [5, 5.41) is 5.90. The number of pyridine rings is 1. The van der Waals surface area contributed by atoms with Crippen LogP contribution in [0.25, 0.3) is 0 Å². The maximum absolute atomic E-state index is 11.5. The number of hydrogen-bond acceptors (Lipinski definition) is 7. The molecule has 7 heteroatoms. The van der Waals surface area contributed by atoms with Gasteiger partial charge < -0.3 is 15.8 Å². The number of nitrogen functional groups attached to an aromatic ring is 1. The van der Waals surface area contributed by atoms with Gasteiger partial charge in [0.15, 0.2) is 0 Å². The summed E-state index contributed by atoms with van der Waals surface area (Å²) in [7, 11) is 1.31. The van der Waals surface area contributed by atoms with Gasteiger partial charge in [-0.15, -0.1) is 11.3 Å². The highest BCUT2D eigenvalue weighted by Crippen LogP contribution is 2.16. The summed E-state index contributed by atoms with van der Waals surface area (Å²) in [6, 6.07) is 1.56. The predicted octanol–water partition coefficient (Wildman–Crippen LogP) is 1.52. The largest absolute Gasteiger partial charge is 0.465 e. The van der Waals surface area contributed by atoms with E-state index in [1.807, 2.05) is 5.38 Å². The molecule has 0 aromatic carbocycles. The third kappa shape index (κ3) is 2.75. The summed E-state index contributed by atoms with van der Waals surface area (Å²) in [5.41, 5.74) is 6.25. The number of methoxy groups -OCH3 is 1. The Morgan fingerprint density at radius 1 is 1.56 bits per heavy atom. The molecule has 2 aromatic rings. The molecule has 0 radical (unpaired) electrons. The number of esters is 1. The monoisotopic (exact) mass is 264 g/mol. The van der Waals surface area contributed by atoms with Crippen LogP contribution in [-0.2, 0) is 11.3 Å². The number of rotatable bonds is 4. The average Bonchev–Trinajstić information content (AvgIpc) is 2.90. The van der Waals surface area contributed by atoms with Crippen molar-refractivity contribution in [3.05, 3.63) is 34.4 Å². The van der Waals surface area contributed by atoms with E-state index in [0.29, 0.717) is 23.6 Å². The van der Waals surface area contributed by atoms with Crippen molar-refractivity contribution < 1.29 is 9.53 Å². The Hall–Kier alpha value is -2.15. The number of ether oxygens (including phenoxy) is 1. The van der Waals surface area contributed by atoms with Crippen LogP contribution in [-0.4, -0.2) is 23.0 Å². The Balaban J connectivity index is 2.12. The molecular weight excluding hydrogens is 252 g/mol. The van der Waals surface area contributed by atoms with Crippen molar-refractivity contribution in [3.8, 4) is 0 Å². The van der Waals surface area contributed by atoms with Gasteiger partial charge in [0.2, 0.25) is 0 Å². The Labute approximate surface area is 108 Å². The van der Waals surface area contributed by atoms with E-state index in [-0.39, 0.29) is 0 Å². The van der Waals surface area contributed by atoms with Gasteiger partial charge in [0.25, 0.3) is 0 Å². The Morgan fingerprint density at radius 3 is 3.06 bits per heavy atom. The highest BCUT2D eigenvalue weighted by molar-refractivity contribution is 7.09. The first-order chi connectivity index (χ1) is 8.70. The van der Waals surface area contributed by atoms with Gasteiger partial charge in [0.1, 0.15) is 10.8 Å². The molecule has 0 spiro atoms. The minimum absolute atomic E-state index is 0.293. The van der Waals surface area contributed by atoms with Gasteiger partial charge in [0.05, 0.1) is 31.1 Å². The van der Waals surface area contributed by atoms with Gasteiger partial charge in [0, 0.05) is 11.6 Å². The molecule has 0 aliphatic carbocycles. The first-order valence-corrected chi connectivity index (χ1v) is 6.04. The topological polar surface area (TPSA) is 90.1 Å². The van der Waals surface area contributed by atoms with Gasteiger partial charge in [-0.1, -0.05) is 0 Å². The van der Waals surface area contributed by atoms with Crippen molar-refractivity contribution in [2.24, 2.45) is 0 Å². The summed E-state index contributed by atoms with van der Waals surface area (Å²) in [5.74, 6) is 0.0759. The molecule has 0 aliphatic heterocycles. The minimum Gasteiger partial charge on any atom is -0.465 e. The van der Waals surface area contributed by atoms with Crippen molar-refractivity contribution >= 4 is 28.8 Å². The molecule has 6 nitrogen and oxygen atoms in total. The van der Waals surface area contributed by atoms with Crippen LogP contribution >= 0.6 is 11.3 Å². The van der Waals surface area contributed by atoms with Crippen molar-refractivity contribution in [2.45, 2.75) is 6.54 Å². The lowest BCUT2D eigenvalue weighted by Gasteiger charge is -2.07. The molecule has 0 amide bonds. The maximum Gasteiger partial charge on any atom is 0.340 e. The zero-order chi connectivity index (χ0) is 13.0. The Kier molecular flexibility index (Phi) is 3.73. The number of carbonyl (C=O) groups is 1. The number of carbonyl (C=O) groups excluding carboxylic acids is 1. The molecule has 2 rings (SSSR count). The van der Waals surface area contributed by atoms with Gasteiger partial charge >= 0.3 is 5.97 Å². The molecule has 3 N–H and O–H groups in total. The third-order valence-electron chi connectivity index (χ3n) is 2.24. The van der Waals surface area contributed by atoms with E-state index in [1.54, 1.807) is 23.6 Å². The quantitative estimate of drug-likeness (QED) is 0.814. The third-order valence-corrected chi connectivity index (χ3v) is 3.02. The highest BCUT2D eigenvalue weighted by atomic mass is 32.1. The van der Waals surface area contributed by atoms with Crippen LogP contribution in [0.4, 0.5) is 11.5 Å². The van der Waals surface area contributed by atoms with Crippen molar-refractivity contribution in [1.29, 1.82) is 0 Å². The van der Waals surface area contributed by atoms with E-state index in [1.165, 1.54) is 13.3 Å². The molecule has 0 unspecified atom stereocenters. The molecule has 2 heterocycles.